The highest BCUT2D eigenvalue weighted by Gasteiger charge is 2.24. The number of primary amides is 1. The van der Waals surface area contributed by atoms with Gasteiger partial charge in [0.15, 0.2) is 11.6 Å². The lowest BCUT2D eigenvalue weighted by atomic mass is 9.91. The zero-order chi connectivity index (χ0) is 22.8. The first kappa shape index (κ1) is 22.0. The van der Waals surface area contributed by atoms with Crippen molar-refractivity contribution in [2.45, 2.75) is 57.5 Å². The molecule has 1 aromatic carbocycles. The lowest BCUT2D eigenvalue weighted by Crippen LogP contribution is -2.43. The highest BCUT2D eigenvalue weighted by Crippen LogP contribution is 2.29. The summed E-state index contributed by atoms with van der Waals surface area (Å²) in [6, 6.07) is 6.78. The molecule has 170 valence electrons. The monoisotopic (exact) mass is 439 g/mol. The van der Waals surface area contributed by atoms with Gasteiger partial charge < -0.3 is 22.1 Å². The van der Waals surface area contributed by atoms with Gasteiger partial charge in [-0.3, -0.25) is 9.48 Å². The van der Waals surface area contributed by atoms with Crippen LogP contribution in [0.4, 0.5) is 21.7 Å². The summed E-state index contributed by atoms with van der Waals surface area (Å²) < 4.78 is 16.6. The zero-order valence-electron chi connectivity index (χ0n) is 18.5. The van der Waals surface area contributed by atoms with Crippen LogP contribution in [0.3, 0.4) is 0 Å². The van der Waals surface area contributed by atoms with Gasteiger partial charge in [-0.25, -0.2) is 9.37 Å². The zero-order valence-corrected chi connectivity index (χ0v) is 18.5. The normalized spacial score (nSPS) is 18.6. The molecule has 8 nitrogen and oxygen atoms in total. The lowest BCUT2D eigenvalue weighted by Gasteiger charge is -2.30. The van der Waals surface area contributed by atoms with E-state index in [0.29, 0.717) is 5.69 Å². The first-order valence-corrected chi connectivity index (χ1v) is 11.1. The van der Waals surface area contributed by atoms with Crippen molar-refractivity contribution in [3.63, 3.8) is 0 Å². The van der Waals surface area contributed by atoms with Crippen LogP contribution >= 0.6 is 0 Å². The van der Waals surface area contributed by atoms with Crippen LogP contribution in [0, 0.1) is 5.82 Å². The molecular weight excluding hydrogens is 409 g/mol. The molecule has 2 atom stereocenters. The number of carbonyl (C=O) groups excluding carboxylic acids is 1. The molecule has 1 aliphatic carbocycles. The fourth-order valence-corrected chi connectivity index (χ4v) is 4.36. The Bertz CT molecular complexity index is 1140. The largest absolute Gasteiger partial charge is 0.365 e. The quantitative estimate of drug-likeness (QED) is 0.446. The fraction of sp³-hybridized carbons (Fsp3) is 0.435. The van der Waals surface area contributed by atoms with E-state index in [1.807, 2.05) is 29.9 Å². The minimum Gasteiger partial charge on any atom is -0.365 e. The smallest absolute Gasteiger partial charge is 0.252 e. The maximum Gasteiger partial charge on any atom is 0.252 e. The predicted molar refractivity (Wildman–Crippen MR) is 125 cm³/mol. The molecule has 1 fully saturated rings. The van der Waals surface area contributed by atoms with Crippen LogP contribution in [0.1, 0.15) is 55.1 Å². The second-order valence-electron chi connectivity index (χ2n) is 8.46. The number of aromatic nitrogens is 3. The number of anilines is 3. The average molecular weight is 440 g/mol. The van der Waals surface area contributed by atoms with Gasteiger partial charge in [0, 0.05) is 30.2 Å². The van der Waals surface area contributed by atoms with E-state index in [0.717, 1.165) is 61.2 Å². The summed E-state index contributed by atoms with van der Waals surface area (Å²) in [5.41, 5.74) is 14.4. The number of carbonyl (C=O) groups is 1. The van der Waals surface area contributed by atoms with Gasteiger partial charge in [0.1, 0.15) is 5.82 Å². The Labute approximate surface area is 186 Å². The van der Waals surface area contributed by atoms with E-state index in [9.17, 15) is 9.18 Å². The number of benzene rings is 1. The van der Waals surface area contributed by atoms with Crippen LogP contribution < -0.4 is 22.1 Å². The predicted octanol–water partition coefficient (Wildman–Crippen LogP) is 3.58. The number of amides is 1. The Kier molecular flexibility index (Phi) is 6.27. The molecule has 2 heterocycles. The van der Waals surface area contributed by atoms with Crippen LogP contribution in [-0.2, 0) is 13.5 Å². The first-order chi connectivity index (χ1) is 15.4. The van der Waals surface area contributed by atoms with E-state index >= 15 is 0 Å². The molecule has 1 aliphatic rings. The SMILES string of the molecule is CCCc1nn(C)c2ccc(Nc3nc(N[C@@H]4CCCC[C@@H]4N)c(F)cc3C(N)=O)cc12. The number of fused-ring (bicyclic) bond motifs is 1. The summed E-state index contributed by atoms with van der Waals surface area (Å²) in [6.45, 7) is 2.11. The van der Waals surface area contributed by atoms with Gasteiger partial charge in [0.25, 0.3) is 5.91 Å². The summed E-state index contributed by atoms with van der Waals surface area (Å²) in [7, 11) is 1.91. The summed E-state index contributed by atoms with van der Waals surface area (Å²) in [5.74, 6) is -1.12. The molecule has 4 rings (SSSR count). The number of hydrogen-bond donors (Lipinski definition) is 4. The van der Waals surface area contributed by atoms with Gasteiger partial charge in [-0.2, -0.15) is 5.10 Å². The minimum atomic E-state index is -0.756. The third-order valence-electron chi connectivity index (χ3n) is 6.06. The first-order valence-electron chi connectivity index (χ1n) is 11.1. The van der Waals surface area contributed by atoms with E-state index in [1.165, 1.54) is 0 Å². The number of aryl methyl sites for hydroxylation is 2. The van der Waals surface area contributed by atoms with Crippen molar-refractivity contribution in [3.8, 4) is 0 Å². The summed E-state index contributed by atoms with van der Waals surface area (Å²) in [4.78, 5) is 16.4. The number of hydrogen-bond acceptors (Lipinski definition) is 6. The molecule has 2 aromatic heterocycles. The molecule has 32 heavy (non-hydrogen) atoms. The Morgan fingerprint density at radius 1 is 1.25 bits per heavy atom. The third kappa shape index (κ3) is 4.38. The molecule has 6 N–H and O–H groups in total. The molecule has 0 aliphatic heterocycles. The number of halogens is 1. The molecule has 3 aromatic rings. The molecule has 0 radical (unpaired) electrons. The maximum atomic E-state index is 14.7. The standard InChI is InChI=1S/C23H30FN7O/c1-3-6-18-14-11-13(9-10-20(14)31(2)30-18)27-22-15(21(26)32)12-16(24)23(29-22)28-19-8-5-4-7-17(19)25/h9-12,17,19H,3-8,25H2,1-2H3,(H2,26,32)(H2,27,28,29)/t17-,19+/m0/s1. The van der Waals surface area contributed by atoms with Crippen molar-refractivity contribution in [1.82, 2.24) is 14.8 Å². The molecule has 0 unspecified atom stereocenters. The summed E-state index contributed by atoms with van der Waals surface area (Å²) in [5, 5.41) is 11.9. The van der Waals surface area contributed by atoms with Gasteiger partial charge in [-0.15, -0.1) is 0 Å². The van der Waals surface area contributed by atoms with E-state index in [2.05, 4.69) is 27.6 Å². The van der Waals surface area contributed by atoms with Crippen LogP contribution in [0.15, 0.2) is 24.3 Å². The van der Waals surface area contributed by atoms with Gasteiger partial charge in [0.2, 0.25) is 0 Å². The minimum absolute atomic E-state index is 0.0129. The molecule has 0 saturated heterocycles. The fourth-order valence-electron chi connectivity index (χ4n) is 4.36. The summed E-state index contributed by atoms with van der Waals surface area (Å²) >= 11 is 0. The van der Waals surface area contributed by atoms with Crippen LogP contribution in [0.2, 0.25) is 0 Å². The number of rotatable bonds is 7. The molecule has 0 spiro atoms. The van der Waals surface area contributed by atoms with E-state index in [-0.39, 0.29) is 29.3 Å². The van der Waals surface area contributed by atoms with Crippen LogP contribution in [0.5, 0.6) is 0 Å². The lowest BCUT2D eigenvalue weighted by molar-refractivity contribution is 0.100. The topological polar surface area (TPSA) is 124 Å². The number of pyridine rings is 1. The Balaban J connectivity index is 1.68. The van der Waals surface area contributed by atoms with E-state index in [1.54, 1.807) is 0 Å². The average Bonchev–Trinajstić information content (AvgIpc) is 3.06. The molecular formula is C23H30FN7O. The van der Waals surface area contributed by atoms with Crippen molar-refractivity contribution < 1.29 is 9.18 Å². The van der Waals surface area contributed by atoms with Crippen molar-refractivity contribution in [2.24, 2.45) is 18.5 Å². The molecule has 0 bridgehead atoms. The number of nitrogens with two attached hydrogens (primary N) is 2. The summed E-state index contributed by atoms with van der Waals surface area (Å²) in [6.07, 6.45) is 5.67. The number of nitrogens with one attached hydrogen (secondary N) is 2. The van der Waals surface area contributed by atoms with Crippen molar-refractivity contribution >= 4 is 34.1 Å². The molecule has 1 saturated carbocycles. The van der Waals surface area contributed by atoms with Crippen molar-refractivity contribution in [3.05, 3.63) is 41.3 Å². The Morgan fingerprint density at radius 2 is 2.03 bits per heavy atom. The second-order valence-corrected chi connectivity index (χ2v) is 8.46. The Hall–Kier alpha value is -3.20. The second kappa shape index (κ2) is 9.12. The van der Waals surface area contributed by atoms with Gasteiger partial charge >= 0.3 is 0 Å². The Morgan fingerprint density at radius 3 is 2.75 bits per heavy atom. The molecule has 1 amide bonds. The van der Waals surface area contributed by atoms with Crippen LogP contribution in [0.25, 0.3) is 10.9 Å². The highest BCUT2D eigenvalue weighted by atomic mass is 19.1. The number of nitrogens with zero attached hydrogens (tertiary/aromatic N) is 3. The van der Waals surface area contributed by atoms with Crippen LogP contribution in [-0.4, -0.2) is 32.8 Å². The highest BCUT2D eigenvalue weighted by molar-refractivity contribution is 5.99. The van der Waals surface area contributed by atoms with Gasteiger partial charge in [-0.05, 0) is 43.5 Å². The van der Waals surface area contributed by atoms with Crippen molar-refractivity contribution in [1.29, 1.82) is 0 Å². The van der Waals surface area contributed by atoms with E-state index in [4.69, 9.17) is 11.5 Å². The van der Waals surface area contributed by atoms with Gasteiger partial charge in [-0.1, -0.05) is 26.2 Å². The van der Waals surface area contributed by atoms with Gasteiger partial charge in [0.05, 0.1) is 16.8 Å². The van der Waals surface area contributed by atoms with E-state index < -0.39 is 11.7 Å². The molecule has 9 heteroatoms. The third-order valence-corrected chi connectivity index (χ3v) is 6.06. The maximum absolute atomic E-state index is 14.7. The van der Waals surface area contributed by atoms with Crippen molar-refractivity contribution in [2.75, 3.05) is 10.6 Å².